The molecule has 0 N–H and O–H groups in total. The fraction of sp³-hybridized carbons (Fsp3) is 0.143. The molecule has 88 valence electrons. The Morgan fingerprint density at radius 1 is 1.12 bits per heavy atom. The molecule has 0 bridgehead atoms. The average Bonchev–Trinajstić information content (AvgIpc) is 2.37. The van der Waals surface area contributed by atoms with Crippen LogP contribution < -0.4 is 4.74 Å². The largest absolute Gasteiger partial charge is 0.497 e. The van der Waals surface area contributed by atoms with Crippen molar-refractivity contribution in [3.05, 3.63) is 59.1 Å². The van der Waals surface area contributed by atoms with Crippen molar-refractivity contribution in [2.45, 2.75) is 10.6 Å². The smallest absolute Gasteiger partial charge is 0.119 e. The van der Waals surface area contributed by atoms with Gasteiger partial charge < -0.3 is 4.74 Å². The van der Waals surface area contributed by atoms with Crippen LogP contribution in [0.2, 0.25) is 5.02 Å². The molecule has 1 nitrogen and oxygen atoms in total. The summed E-state index contributed by atoms with van der Waals surface area (Å²) in [6.45, 7) is 0. The van der Waals surface area contributed by atoms with Gasteiger partial charge in [0, 0.05) is 15.7 Å². The van der Waals surface area contributed by atoms with Crippen LogP contribution in [0, 0.1) is 0 Å². The number of hydrogen-bond acceptors (Lipinski definition) is 2. The Hall–Kier alpha value is -1.12. The van der Waals surface area contributed by atoms with E-state index in [9.17, 15) is 0 Å². The van der Waals surface area contributed by atoms with Gasteiger partial charge in [0.2, 0.25) is 0 Å². The lowest BCUT2D eigenvalue weighted by molar-refractivity contribution is 0.413. The molecule has 0 aromatic heterocycles. The highest BCUT2D eigenvalue weighted by atomic mass is 35.5. The first kappa shape index (κ1) is 12.3. The molecular formula is C14H13ClOS. The molecule has 0 aliphatic carbocycles. The third-order valence-corrected chi connectivity index (χ3v) is 3.64. The average molecular weight is 265 g/mol. The zero-order valence-corrected chi connectivity index (χ0v) is 11.1. The van der Waals surface area contributed by atoms with Crippen molar-refractivity contribution in [1.82, 2.24) is 0 Å². The van der Waals surface area contributed by atoms with Crippen molar-refractivity contribution in [2.24, 2.45) is 0 Å². The standard InChI is InChI=1S/C14H13ClOS/c1-16-13-6-3-7-14(9-13)17-10-11-4-2-5-12(15)8-11/h2-9H,10H2,1H3. The molecule has 0 spiro atoms. The van der Waals surface area contributed by atoms with Gasteiger partial charge in [0.15, 0.2) is 0 Å². The molecule has 0 atom stereocenters. The number of ether oxygens (including phenoxy) is 1. The fourth-order valence-corrected chi connectivity index (χ4v) is 2.58. The normalized spacial score (nSPS) is 10.2. The van der Waals surface area contributed by atoms with Crippen LogP contribution in [0.15, 0.2) is 53.4 Å². The number of hydrogen-bond donors (Lipinski definition) is 0. The fourth-order valence-electron chi connectivity index (χ4n) is 1.48. The van der Waals surface area contributed by atoms with Gasteiger partial charge in [0.05, 0.1) is 7.11 Å². The van der Waals surface area contributed by atoms with Crippen LogP contribution in [-0.4, -0.2) is 7.11 Å². The molecule has 0 fully saturated rings. The van der Waals surface area contributed by atoms with Crippen molar-refractivity contribution in [1.29, 1.82) is 0 Å². The Morgan fingerprint density at radius 2 is 1.94 bits per heavy atom. The molecule has 0 radical (unpaired) electrons. The second-order valence-corrected chi connectivity index (χ2v) is 5.08. The number of thioether (sulfide) groups is 1. The predicted octanol–water partition coefficient (Wildman–Crippen LogP) is 4.64. The Labute approximate surface area is 111 Å². The minimum Gasteiger partial charge on any atom is -0.497 e. The van der Waals surface area contributed by atoms with Gasteiger partial charge >= 0.3 is 0 Å². The summed E-state index contributed by atoms with van der Waals surface area (Å²) in [5, 5.41) is 0.786. The van der Waals surface area contributed by atoms with Crippen LogP contribution >= 0.6 is 23.4 Å². The first-order valence-electron chi connectivity index (χ1n) is 5.29. The SMILES string of the molecule is COc1cccc(SCc2cccc(Cl)c2)c1. The molecule has 0 unspecified atom stereocenters. The Morgan fingerprint density at radius 3 is 2.71 bits per heavy atom. The third kappa shape index (κ3) is 3.69. The number of benzene rings is 2. The van der Waals surface area contributed by atoms with E-state index in [1.807, 2.05) is 36.4 Å². The lowest BCUT2D eigenvalue weighted by Gasteiger charge is -2.04. The zero-order chi connectivity index (χ0) is 12.1. The van der Waals surface area contributed by atoms with Crippen LogP contribution in [0.4, 0.5) is 0 Å². The first-order chi connectivity index (χ1) is 8.28. The quantitative estimate of drug-likeness (QED) is 0.744. The van der Waals surface area contributed by atoms with Gasteiger partial charge in [-0.25, -0.2) is 0 Å². The second kappa shape index (κ2) is 5.99. The van der Waals surface area contributed by atoms with E-state index in [1.54, 1.807) is 18.9 Å². The maximum absolute atomic E-state index is 5.95. The van der Waals surface area contributed by atoms with Gasteiger partial charge in [-0.2, -0.15) is 0 Å². The van der Waals surface area contributed by atoms with E-state index in [2.05, 4.69) is 12.1 Å². The topological polar surface area (TPSA) is 9.23 Å². The molecule has 0 aliphatic heterocycles. The highest BCUT2D eigenvalue weighted by Crippen LogP contribution is 2.26. The first-order valence-corrected chi connectivity index (χ1v) is 6.65. The minimum atomic E-state index is 0.786. The summed E-state index contributed by atoms with van der Waals surface area (Å²) in [7, 11) is 1.68. The van der Waals surface area contributed by atoms with Crippen molar-refractivity contribution in [3.8, 4) is 5.75 Å². The molecule has 0 saturated carbocycles. The van der Waals surface area contributed by atoms with Crippen molar-refractivity contribution in [3.63, 3.8) is 0 Å². The van der Waals surface area contributed by atoms with Crippen molar-refractivity contribution < 1.29 is 4.74 Å². The van der Waals surface area contributed by atoms with Gasteiger partial charge in [-0.1, -0.05) is 29.8 Å². The summed E-state index contributed by atoms with van der Waals surface area (Å²) < 4.78 is 5.19. The monoisotopic (exact) mass is 264 g/mol. The maximum atomic E-state index is 5.95. The predicted molar refractivity (Wildman–Crippen MR) is 74.0 cm³/mol. The van der Waals surface area contributed by atoms with Gasteiger partial charge in [-0.3, -0.25) is 0 Å². The molecule has 0 aliphatic rings. The van der Waals surface area contributed by atoms with E-state index in [4.69, 9.17) is 16.3 Å². The highest BCUT2D eigenvalue weighted by molar-refractivity contribution is 7.98. The van der Waals surface area contributed by atoms with Gasteiger partial charge in [0.1, 0.15) is 5.75 Å². The molecule has 2 aromatic rings. The lowest BCUT2D eigenvalue weighted by atomic mass is 10.2. The third-order valence-electron chi connectivity index (χ3n) is 2.34. The van der Waals surface area contributed by atoms with E-state index in [1.165, 1.54) is 10.5 Å². The van der Waals surface area contributed by atoms with E-state index in [0.29, 0.717) is 0 Å². The van der Waals surface area contributed by atoms with E-state index >= 15 is 0 Å². The van der Waals surface area contributed by atoms with Crippen LogP contribution in [-0.2, 0) is 5.75 Å². The summed E-state index contributed by atoms with van der Waals surface area (Å²) in [6, 6.07) is 16.0. The Kier molecular flexibility index (Phi) is 4.35. The van der Waals surface area contributed by atoms with Crippen LogP contribution in [0.1, 0.15) is 5.56 Å². The van der Waals surface area contributed by atoms with Crippen LogP contribution in [0.3, 0.4) is 0 Å². The lowest BCUT2D eigenvalue weighted by Crippen LogP contribution is -1.83. The van der Waals surface area contributed by atoms with Crippen LogP contribution in [0.25, 0.3) is 0 Å². The molecule has 3 heteroatoms. The number of halogens is 1. The summed E-state index contributed by atoms with van der Waals surface area (Å²) in [4.78, 5) is 1.20. The van der Waals surface area contributed by atoms with Gasteiger partial charge in [0.25, 0.3) is 0 Å². The molecule has 17 heavy (non-hydrogen) atoms. The number of methoxy groups -OCH3 is 1. The summed E-state index contributed by atoms with van der Waals surface area (Å²) >= 11 is 7.72. The van der Waals surface area contributed by atoms with Crippen LogP contribution in [0.5, 0.6) is 5.75 Å². The molecular weight excluding hydrogens is 252 g/mol. The van der Waals surface area contributed by atoms with Gasteiger partial charge in [-0.15, -0.1) is 11.8 Å². The molecule has 2 rings (SSSR count). The van der Waals surface area contributed by atoms with E-state index in [0.717, 1.165) is 16.5 Å². The summed E-state index contributed by atoms with van der Waals surface area (Å²) in [6.07, 6.45) is 0. The Balaban J connectivity index is 2.02. The maximum Gasteiger partial charge on any atom is 0.119 e. The Bertz CT molecular complexity index is 499. The minimum absolute atomic E-state index is 0.786. The second-order valence-electron chi connectivity index (χ2n) is 3.60. The van der Waals surface area contributed by atoms with Crippen molar-refractivity contribution in [2.75, 3.05) is 7.11 Å². The summed E-state index contributed by atoms with van der Waals surface area (Å²) in [5.74, 6) is 1.80. The zero-order valence-electron chi connectivity index (χ0n) is 9.52. The van der Waals surface area contributed by atoms with Gasteiger partial charge in [-0.05, 0) is 35.9 Å². The highest BCUT2D eigenvalue weighted by Gasteiger charge is 1.99. The van der Waals surface area contributed by atoms with Crippen molar-refractivity contribution >= 4 is 23.4 Å². The summed E-state index contributed by atoms with van der Waals surface area (Å²) in [5.41, 5.74) is 1.23. The van der Waals surface area contributed by atoms with E-state index in [-0.39, 0.29) is 0 Å². The molecule has 2 aromatic carbocycles. The molecule has 0 saturated heterocycles. The van der Waals surface area contributed by atoms with E-state index < -0.39 is 0 Å². The number of rotatable bonds is 4. The molecule has 0 amide bonds. The molecule has 0 heterocycles.